The molecule has 0 aromatic heterocycles. The average Bonchev–Trinajstić information content (AvgIpc) is 2.01. The Morgan fingerprint density at radius 3 is 2.50 bits per heavy atom. The van der Waals surface area contributed by atoms with E-state index in [1.807, 2.05) is 26.0 Å². The van der Waals surface area contributed by atoms with Crippen LogP contribution >= 0.6 is 27.7 Å². The molecule has 0 fully saturated rings. The fraction of sp³-hybridized carbons (Fsp3) is 0.455. The van der Waals surface area contributed by atoms with E-state index in [2.05, 4.69) is 36.4 Å². The average molecular weight is 277 g/mol. The summed E-state index contributed by atoms with van der Waals surface area (Å²) in [7, 11) is 0. The van der Waals surface area contributed by atoms with Crippen LogP contribution in [0.1, 0.15) is 27.7 Å². The Hall–Kier alpha value is -0.150. The maximum atomic E-state index is 5.42. The van der Waals surface area contributed by atoms with Crippen molar-refractivity contribution in [3.8, 4) is 0 Å². The first-order chi connectivity index (χ1) is 6.45. The van der Waals surface area contributed by atoms with E-state index in [9.17, 15) is 0 Å². The van der Waals surface area contributed by atoms with E-state index in [0.717, 1.165) is 15.3 Å². The van der Waals surface area contributed by atoms with Gasteiger partial charge in [0.1, 0.15) is 5.76 Å². The molecule has 0 rings (SSSR count). The van der Waals surface area contributed by atoms with Crippen LogP contribution in [0.2, 0.25) is 0 Å². The maximum absolute atomic E-state index is 5.42. The van der Waals surface area contributed by atoms with Crippen LogP contribution in [-0.4, -0.2) is 5.25 Å². The molecule has 0 bridgehead atoms. The van der Waals surface area contributed by atoms with Gasteiger partial charge in [-0.3, -0.25) is 0 Å². The molecule has 0 unspecified atom stereocenters. The van der Waals surface area contributed by atoms with Gasteiger partial charge in [0.15, 0.2) is 4.67 Å². The Morgan fingerprint density at radius 2 is 2.07 bits per heavy atom. The van der Waals surface area contributed by atoms with E-state index < -0.39 is 0 Å². The van der Waals surface area contributed by atoms with Gasteiger partial charge in [-0.1, -0.05) is 20.4 Å². The van der Waals surface area contributed by atoms with E-state index in [1.54, 1.807) is 11.8 Å². The van der Waals surface area contributed by atoms with Gasteiger partial charge in [0, 0.05) is 10.2 Å². The van der Waals surface area contributed by atoms with Crippen molar-refractivity contribution in [3.05, 3.63) is 34.1 Å². The van der Waals surface area contributed by atoms with E-state index >= 15 is 0 Å². The first-order valence-corrected chi connectivity index (χ1v) is 6.16. The maximum Gasteiger partial charge on any atom is 0.164 e. The number of halogens is 1. The Morgan fingerprint density at radius 1 is 1.50 bits per heavy atom. The van der Waals surface area contributed by atoms with Gasteiger partial charge < -0.3 is 4.74 Å². The summed E-state index contributed by atoms with van der Waals surface area (Å²) < 4.78 is 6.15. The van der Waals surface area contributed by atoms with Crippen molar-refractivity contribution in [2.24, 2.45) is 0 Å². The molecule has 0 aliphatic heterocycles. The van der Waals surface area contributed by atoms with Gasteiger partial charge >= 0.3 is 0 Å². The molecule has 0 saturated heterocycles. The highest BCUT2D eigenvalue weighted by Crippen LogP contribution is 2.23. The minimum Gasteiger partial charge on any atom is -0.455 e. The Labute approximate surface area is 99.4 Å². The highest BCUT2D eigenvalue weighted by molar-refractivity contribution is 9.11. The van der Waals surface area contributed by atoms with Crippen molar-refractivity contribution >= 4 is 27.7 Å². The van der Waals surface area contributed by atoms with Crippen LogP contribution in [0.3, 0.4) is 0 Å². The standard InChI is InChI=1S/C11H17BrOS/c1-6-11(12)13-9(4)7-10(5)14-8(2)3/h6-8H,5H2,1-4H3/b9-7+,11-6-. The van der Waals surface area contributed by atoms with Crippen LogP contribution in [0, 0.1) is 0 Å². The van der Waals surface area contributed by atoms with Crippen LogP contribution < -0.4 is 0 Å². The summed E-state index contributed by atoms with van der Waals surface area (Å²) in [6.45, 7) is 12.0. The van der Waals surface area contributed by atoms with E-state index in [-0.39, 0.29) is 0 Å². The molecule has 0 aliphatic carbocycles. The second kappa shape index (κ2) is 7.18. The lowest BCUT2D eigenvalue weighted by Gasteiger charge is -2.07. The summed E-state index contributed by atoms with van der Waals surface area (Å²) in [6.07, 6.45) is 3.80. The number of rotatable bonds is 5. The van der Waals surface area contributed by atoms with Crippen LogP contribution in [0.15, 0.2) is 34.1 Å². The number of hydrogen-bond donors (Lipinski definition) is 0. The van der Waals surface area contributed by atoms with Gasteiger partial charge in [0.2, 0.25) is 0 Å². The molecule has 14 heavy (non-hydrogen) atoms. The number of ether oxygens (including phenoxy) is 1. The Bertz CT molecular complexity index is 254. The van der Waals surface area contributed by atoms with Crippen molar-refractivity contribution in [2.75, 3.05) is 0 Å². The monoisotopic (exact) mass is 276 g/mol. The zero-order valence-electron chi connectivity index (χ0n) is 9.13. The van der Waals surface area contributed by atoms with Gasteiger partial charge in [0.05, 0.1) is 0 Å². The summed E-state index contributed by atoms with van der Waals surface area (Å²) in [4.78, 5) is 1.02. The molecule has 0 radical (unpaired) electrons. The molecule has 0 aromatic carbocycles. The third kappa shape index (κ3) is 7.27. The van der Waals surface area contributed by atoms with Crippen molar-refractivity contribution in [1.82, 2.24) is 0 Å². The minimum absolute atomic E-state index is 0.553. The van der Waals surface area contributed by atoms with E-state index in [4.69, 9.17) is 4.74 Å². The zero-order chi connectivity index (χ0) is 11.1. The first-order valence-electron chi connectivity index (χ1n) is 4.49. The van der Waals surface area contributed by atoms with Crippen LogP contribution in [0.5, 0.6) is 0 Å². The number of thioether (sulfide) groups is 1. The van der Waals surface area contributed by atoms with Gasteiger partial charge in [-0.05, 0) is 41.9 Å². The van der Waals surface area contributed by atoms with Gasteiger partial charge in [-0.15, -0.1) is 11.8 Å². The second-order valence-electron chi connectivity index (χ2n) is 3.08. The van der Waals surface area contributed by atoms with Crippen molar-refractivity contribution in [1.29, 1.82) is 0 Å². The predicted octanol–water partition coefficient (Wildman–Crippen LogP) is 4.82. The van der Waals surface area contributed by atoms with E-state index in [0.29, 0.717) is 5.25 Å². The number of allylic oxidation sites excluding steroid dienone is 3. The van der Waals surface area contributed by atoms with E-state index in [1.165, 1.54) is 0 Å². The van der Waals surface area contributed by atoms with Crippen molar-refractivity contribution in [3.63, 3.8) is 0 Å². The van der Waals surface area contributed by atoms with Crippen molar-refractivity contribution < 1.29 is 4.74 Å². The summed E-state index contributed by atoms with van der Waals surface area (Å²) in [5, 5.41) is 0.553. The molecular weight excluding hydrogens is 260 g/mol. The zero-order valence-corrected chi connectivity index (χ0v) is 11.5. The fourth-order valence-electron chi connectivity index (χ4n) is 0.806. The third-order valence-corrected chi connectivity index (χ3v) is 2.75. The normalized spacial score (nSPS) is 13.3. The highest BCUT2D eigenvalue weighted by Gasteiger charge is 1.99. The van der Waals surface area contributed by atoms with Gasteiger partial charge in [0.25, 0.3) is 0 Å². The predicted molar refractivity (Wildman–Crippen MR) is 69.4 cm³/mol. The lowest BCUT2D eigenvalue weighted by molar-refractivity contribution is 0.342. The fourth-order valence-corrected chi connectivity index (χ4v) is 1.90. The molecule has 80 valence electrons. The third-order valence-electron chi connectivity index (χ3n) is 1.24. The van der Waals surface area contributed by atoms with Crippen LogP contribution in [-0.2, 0) is 4.74 Å². The smallest absolute Gasteiger partial charge is 0.164 e. The van der Waals surface area contributed by atoms with Gasteiger partial charge in [-0.25, -0.2) is 0 Å². The molecule has 3 heteroatoms. The Kier molecular flexibility index (Phi) is 7.11. The lowest BCUT2D eigenvalue weighted by Crippen LogP contribution is -1.88. The first kappa shape index (κ1) is 13.8. The SMILES string of the molecule is C=C(/C=C(\C)O/C(Br)=C\C)SC(C)C. The summed E-state index contributed by atoms with van der Waals surface area (Å²) in [5.41, 5.74) is 0. The molecule has 0 amide bonds. The quantitative estimate of drug-likeness (QED) is 0.526. The molecule has 0 atom stereocenters. The summed E-state index contributed by atoms with van der Waals surface area (Å²) in [5.74, 6) is 0.841. The number of hydrogen-bond acceptors (Lipinski definition) is 2. The minimum atomic E-state index is 0.553. The lowest BCUT2D eigenvalue weighted by atomic mass is 10.5. The molecule has 0 aliphatic rings. The van der Waals surface area contributed by atoms with Crippen LogP contribution in [0.4, 0.5) is 0 Å². The van der Waals surface area contributed by atoms with Gasteiger partial charge in [-0.2, -0.15) is 0 Å². The Balaban J connectivity index is 4.16. The largest absolute Gasteiger partial charge is 0.455 e. The molecule has 0 heterocycles. The molecule has 1 nitrogen and oxygen atoms in total. The molecule has 0 N–H and O–H groups in total. The molecule has 0 saturated carbocycles. The molecule has 0 aromatic rings. The topological polar surface area (TPSA) is 9.23 Å². The summed E-state index contributed by atoms with van der Waals surface area (Å²) >= 11 is 5.01. The van der Waals surface area contributed by atoms with Crippen molar-refractivity contribution in [2.45, 2.75) is 32.9 Å². The second-order valence-corrected chi connectivity index (χ2v) is 5.57. The highest BCUT2D eigenvalue weighted by atomic mass is 79.9. The molecular formula is C11H17BrOS. The van der Waals surface area contributed by atoms with Crippen LogP contribution in [0.25, 0.3) is 0 Å². The summed E-state index contributed by atoms with van der Waals surface area (Å²) in [6, 6.07) is 0. The molecule has 0 spiro atoms.